The first-order valence-corrected chi connectivity index (χ1v) is 8.67. The average molecular weight is 330 g/mol. The Morgan fingerprint density at radius 1 is 1.17 bits per heavy atom. The zero-order valence-corrected chi connectivity index (χ0v) is 13.7. The van der Waals surface area contributed by atoms with Crippen LogP contribution in [-0.2, 0) is 6.54 Å². The highest BCUT2D eigenvalue weighted by atomic mass is 19.1. The number of halogens is 1. The van der Waals surface area contributed by atoms with E-state index in [1.807, 2.05) is 0 Å². The molecule has 0 aliphatic heterocycles. The van der Waals surface area contributed by atoms with Crippen LogP contribution in [0.1, 0.15) is 61.0 Å². The van der Waals surface area contributed by atoms with E-state index in [4.69, 9.17) is 0 Å². The molecule has 0 spiro atoms. The smallest absolute Gasteiger partial charge is 0.273 e. The summed E-state index contributed by atoms with van der Waals surface area (Å²) in [5.74, 6) is -0.478. The van der Waals surface area contributed by atoms with Gasteiger partial charge >= 0.3 is 0 Å². The molecular formula is C18H23FN4O. The van der Waals surface area contributed by atoms with Gasteiger partial charge in [-0.1, -0.05) is 55.5 Å². The molecule has 5 nitrogen and oxygen atoms in total. The molecule has 0 unspecified atom stereocenters. The molecule has 1 aromatic heterocycles. The molecule has 1 aliphatic carbocycles. The molecule has 2 aromatic rings. The molecule has 1 aliphatic rings. The van der Waals surface area contributed by atoms with Gasteiger partial charge in [0, 0.05) is 11.6 Å². The first-order valence-electron chi connectivity index (χ1n) is 8.67. The van der Waals surface area contributed by atoms with Gasteiger partial charge in [-0.3, -0.25) is 4.79 Å². The number of hydrogen-bond acceptors (Lipinski definition) is 3. The van der Waals surface area contributed by atoms with Gasteiger partial charge in [0.25, 0.3) is 5.91 Å². The number of benzene rings is 1. The topological polar surface area (TPSA) is 59.8 Å². The SMILES string of the molecule is O=C(NC1CCCCCCC1)c1cn(Cc2ccccc2F)nn1. The standard InChI is InChI=1S/C18H23FN4O/c19-16-11-7-6-8-14(16)12-23-13-17(21-22-23)18(24)20-15-9-4-2-1-3-5-10-15/h6-8,11,13,15H,1-5,9-10,12H2,(H,20,24). The minimum absolute atomic E-state index is 0.194. The van der Waals surface area contributed by atoms with E-state index in [2.05, 4.69) is 15.6 Å². The third kappa shape index (κ3) is 4.40. The van der Waals surface area contributed by atoms with Crippen LogP contribution < -0.4 is 5.32 Å². The van der Waals surface area contributed by atoms with Gasteiger partial charge < -0.3 is 5.32 Å². The van der Waals surface area contributed by atoms with Crippen molar-refractivity contribution >= 4 is 5.91 Å². The molecule has 1 fully saturated rings. The second kappa shape index (κ2) is 8.04. The maximum atomic E-state index is 13.7. The summed E-state index contributed by atoms with van der Waals surface area (Å²) in [6.07, 6.45) is 9.71. The van der Waals surface area contributed by atoms with Gasteiger partial charge in [-0.25, -0.2) is 9.07 Å². The molecule has 24 heavy (non-hydrogen) atoms. The Morgan fingerprint density at radius 2 is 1.88 bits per heavy atom. The number of carbonyl (C=O) groups is 1. The molecule has 0 saturated heterocycles. The van der Waals surface area contributed by atoms with Crippen LogP contribution in [0, 0.1) is 5.82 Å². The number of hydrogen-bond donors (Lipinski definition) is 1. The minimum atomic E-state index is -0.284. The Balaban J connectivity index is 1.60. The monoisotopic (exact) mass is 330 g/mol. The number of nitrogens with zero attached hydrogens (tertiary/aromatic N) is 3. The predicted octanol–water partition coefficient (Wildman–Crippen LogP) is 3.31. The second-order valence-electron chi connectivity index (χ2n) is 6.41. The van der Waals surface area contributed by atoms with Crippen LogP contribution in [0.5, 0.6) is 0 Å². The molecule has 3 rings (SSSR count). The summed E-state index contributed by atoms with van der Waals surface area (Å²) < 4.78 is 15.2. The van der Waals surface area contributed by atoms with E-state index in [0.717, 1.165) is 25.7 Å². The Morgan fingerprint density at radius 3 is 2.62 bits per heavy atom. The largest absolute Gasteiger partial charge is 0.348 e. The van der Waals surface area contributed by atoms with Gasteiger partial charge in [0.15, 0.2) is 5.69 Å². The zero-order chi connectivity index (χ0) is 16.8. The molecule has 0 atom stereocenters. The number of aromatic nitrogens is 3. The van der Waals surface area contributed by atoms with Gasteiger partial charge in [-0.05, 0) is 18.9 Å². The van der Waals surface area contributed by atoms with E-state index >= 15 is 0 Å². The molecule has 1 N–H and O–H groups in total. The highest BCUT2D eigenvalue weighted by Gasteiger charge is 2.17. The summed E-state index contributed by atoms with van der Waals surface area (Å²) in [5, 5.41) is 10.9. The van der Waals surface area contributed by atoms with Crippen LogP contribution >= 0.6 is 0 Å². The molecule has 128 valence electrons. The maximum absolute atomic E-state index is 13.7. The van der Waals surface area contributed by atoms with Crippen LogP contribution in [-0.4, -0.2) is 26.9 Å². The lowest BCUT2D eigenvalue weighted by atomic mass is 9.97. The number of nitrogens with one attached hydrogen (secondary N) is 1. The van der Waals surface area contributed by atoms with Crippen LogP contribution in [0.25, 0.3) is 0 Å². The minimum Gasteiger partial charge on any atom is -0.348 e. The molecule has 1 aromatic carbocycles. The van der Waals surface area contributed by atoms with Crippen molar-refractivity contribution in [2.45, 2.75) is 57.5 Å². The molecule has 0 bridgehead atoms. The van der Waals surface area contributed by atoms with Crippen LogP contribution in [0.15, 0.2) is 30.5 Å². The van der Waals surface area contributed by atoms with Crippen LogP contribution in [0.4, 0.5) is 4.39 Å². The molecule has 6 heteroatoms. The molecule has 1 saturated carbocycles. The van der Waals surface area contributed by atoms with E-state index in [1.165, 1.54) is 30.0 Å². The summed E-state index contributed by atoms with van der Waals surface area (Å²) in [6.45, 7) is 0.260. The van der Waals surface area contributed by atoms with E-state index in [1.54, 1.807) is 24.4 Å². The van der Waals surface area contributed by atoms with Crippen molar-refractivity contribution in [2.24, 2.45) is 0 Å². The highest BCUT2D eigenvalue weighted by Crippen LogP contribution is 2.17. The number of carbonyl (C=O) groups excluding carboxylic acids is 1. The maximum Gasteiger partial charge on any atom is 0.273 e. The van der Waals surface area contributed by atoms with Gasteiger partial charge in [-0.2, -0.15) is 0 Å². The average Bonchev–Trinajstić information content (AvgIpc) is 3.01. The fourth-order valence-electron chi connectivity index (χ4n) is 3.14. The summed E-state index contributed by atoms with van der Waals surface area (Å²) in [6, 6.07) is 6.75. The van der Waals surface area contributed by atoms with Gasteiger partial charge in [0.1, 0.15) is 5.82 Å². The Kier molecular flexibility index (Phi) is 5.56. The summed E-state index contributed by atoms with van der Waals surface area (Å²) in [4.78, 5) is 12.3. The van der Waals surface area contributed by atoms with Gasteiger partial charge in [-0.15, -0.1) is 5.10 Å². The normalized spacial score (nSPS) is 16.4. The van der Waals surface area contributed by atoms with Crippen molar-refractivity contribution in [3.63, 3.8) is 0 Å². The second-order valence-corrected chi connectivity index (χ2v) is 6.41. The zero-order valence-electron chi connectivity index (χ0n) is 13.7. The third-order valence-corrected chi connectivity index (χ3v) is 4.50. The molecule has 1 amide bonds. The van der Waals surface area contributed by atoms with Gasteiger partial charge in [0.05, 0.1) is 12.7 Å². The van der Waals surface area contributed by atoms with Crippen molar-refractivity contribution in [2.75, 3.05) is 0 Å². The van der Waals surface area contributed by atoms with E-state index in [0.29, 0.717) is 5.56 Å². The van der Waals surface area contributed by atoms with E-state index in [-0.39, 0.29) is 30.0 Å². The van der Waals surface area contributed by atoms with Crippen molar-refractivity contribution in [1.82, 2.24) is 20.3 Å². The fraction of sp³-hybridized carbons (Fsp3) is 0.500. The lowest BCUT2D eigenvalue weighted by Gasteiger charge is -2.20. The Labute approximate surface area is 141 Å². The molecule has 1 heterocycles. The quantitative estimate of drug-likeness (QED) is 0.935. The first kappa shape index (κ1) is 16.6. The van der Waals surface area contributed by atoms with Crippen molar-refractivity contribution < 1.29 is 9.18 Å². The van der Waals surface area contributed by atoms with Crippen LogP contribution in [0.2, 0.25) is 0 Å². The predicted molar refractivity (Wildman–Crippen MR) is 89.1 cm³/mol. The van der Waals surface area contributed by atoms with E-state index in [9.17, 15) is 9.18 Å². The first-order chi connectivity index (χ1) is 11.7. The summed E-state index contributed by atoms with van der Waals surface area (Å²) in [7, 11) is 0. The fourth-order valence-corrected chi connectivity index (χ4v) is 3.14. The summed E-state index contributed by atoms with van der Waals surface area (Å²) in [5.41, 5.74) is 0.808. The lowest BCUT2D eigenvalue weighted by Crippen LogP contribution is -2.35. The van der Waals surface area contributed by atoms with E-state index < -0.39 is 0 Å². The molecule has 0 radical (unpaired) electrons. The number of amides is 1. The lowest BCUT2D eigenvalue weighted by molar-refractivity contribution is 0.0925. The van der Waals surface area contributed by atoms with Gasteiger partial charge in [0.2, 0.25) is 0 Å². The Bertz CT molecular complexity index is 677. The summed E-state index contributed by atoms with van der Waals surface area (Å²) >= 11 is 0. The van der Waals surface area contributed by atoms with Crippen molar-refractivity contribution in [3.05, 3.63) is 47.5 Å². The number of rotatable bonds is 4. The highest BCUT2D eigenvalue weighted by molar-refractivity contribution is 5.92. The molecular weight excluding hydrogens is 307 g/mol. The third-order valence-electron chi connectivity index (χ3n) is 4.50. The Hall–Kier alpha value is -2.24. The van der Waals surface area contributed by atoms with Crippen molar-refractivity contribution in [3.8, 4) is 0 Å². The van der Waals surface area contributed by atoms with Crippen LogP contribution in [0.3, 0.4) is 0 Å². The van der Waals surface area contributed by atoms with Crippen molar-refractivity contribution in [1.29, 1.82) is 0 Å².